The molecule has 2 bridgehead atoms. The van der Waals surface area contributed by atoms with Gasteiger partial charge in [0.2, 0.25) is 0 Å². The number of aromatic amines is 1. The van der Waals surface area contributed by atoms with Gasteiger partial charge < -0.3 is 10.2 Å². The van der Waals surface area contributed by atoms with Gasteiger partial charge in [-0.2, -0.15) is 10.2 Å². The minimum absolute atomic E-state index is 0.598. The molecule has 8 rings (SSSR count). The molecule has 0 spiro atoms. The molecular formula is C29H23ClN8. The Balaban J connectivity index is 1.28. The Bertz CT molecular complexity index is 1810. The average Bonchev–Trinajstić information content (AvgIpc) is 3.77. The van der Waals surface area contributed by atoms with E-state index in [1.807, 2.05) is 41.0 Å². The summed E-state index contributed by atoms with van der Waals surface area (Å²) in [6.07, 6.45) is 8.58. The molecule has 2 saturated heterocycles. The third kappa shape index (κ3) is 3.34. The molecule has 2 N–H and O–H groups in total. The number of nitrogens with one attached hydrogen (secondary N) is 2. The van der Waals surface area contributed by atoms with Crippen molar-refractivity contribution in [1.29, 1.82) is 0 Å². The number of piperazine rings is 1. The van der Waals surface area contributed by atoms with Crippen LogP contribution in [-0.2, 0) is 0 Å². The van der Waals surface area contributed by atoms with Crippen molar-refractivity contribution in [3.05, 3.63) is 84.4 Å². The molecule has 0 aliphatic carbocycles. The van der Waals surface area contributed by atoms with Crippen LogP contribution in [0.25, 0.3) is 50.2 Å². The van der Waals surface area contributed by atoms with Crippen molar-refractivity contribution < 1.29 is 0 Å². The SMILES string of the molecule is Clc1ccc(-c2c(-c3ccncc3)nn3ccc(-c4ccc(N5CC6CC5CN6)cc4)nc23)c2cn[nH]c12. The third-order valence-corrected chi connectivity index (χ3v) is 8.14. The Kier molecular flexibility index (Phi) is 4.80. The van der Waals surface area contributed by atoms with Gasteiger partial charge in [-0.3, -0.25) is 10.1 Å². The zero-order chi connectivity index (χ0) is 25.2. The van der Waals surface area contributed by atoms with E-state index in [0.717, 1.165) is 63.3 Å². The van der Waals surface area contributed by atoms with E-state index in [0.29, 0.717) is 17.1 Å². The van der Waals surface area contributed by atoms with Crippen molar-refractivity contribution in [1.82, 2.24) is 35.1 Å². The molecule has 6 aromatic rings. The lowest BCUT2D eigenvalue weighted by molar-refractivity contribution is 0.580. The Morgan fingerprint density at radius 2 is 1.82 bits per heavy atom. The first-order valence-corrected chi connectivity index (χ1v) is 13.1. The van der Waals surface area contributed by atoms with Gasteiger partial charge in [0.1, 0.15) is 5.69 Å². The lowest BCUT2D eigenvalue weighted by atomic mass is 9.99. The second kappa shape index (κ2) is 8.37. The highest BCUT2D eigenvalue weighted by Gasteiger charge is 2.37. The Morgan fingerprint density at radius 1 is 0.947 bits per heavy atom. The standard InChI is InChI=1S/C29H23ClN8/c30-24-6-5-22(23-15-33-35-28(23)24)26-27(18-7-10-31-11-8-18)36-38-12-9-25(34-29(26)38)17-1-3-20(4-2-17)37-16-19-13-21(37)14-32-19/h1-12,15,19,21,32H,13-14,16H2,(H,33,35). The molecule has 4 aromatic heterocycles. The maximum Gasteiger partial charge on any atom is 0.164 e. The van der Waals surface area contributed by atoms with E-state index >= 15 is 0 Å². The lowest BCUT2D eigenvalue weighted by Crippen LogP contribution is -2.43. The van der Waals surface area contributed by atoms with Gasteiger partial charge >= 0.3 is 0 Å². The number of anilines is 1. The van der Waals surface area contributed by atoms with Crippen LogP contribution in [0.5, 0.6) is 0 Å². The number of nitrogens with zero attached hydrogens (tertiary/aromatic N) is 6. The monoisotopic (exact) mass is 518 g/mol. The molecule has 186 valence electrons. The van der Waals surface area contributed by atoms with Gasteiger partial charge in [0.15, 0.2) is 5.65 Å². The number of H-pyrrole nitrogens is 1. The fraction of sp³-hybridized carbons (Fsp3) is 0.172. The first-order chi connectivity index (χ1) is 18.7. The van der Waals surface area contributed by atoms with Crippen molar-refractivity contribution in [2.75, 3.05) is 18.0 Å². The molecule has 2 unspecified atom stereocenters. The van der Waals surface area contributed by atoms with Gasteiger partial charge in [-0.15, -0.1) is 0 Å². The van der Waals surface area contributed by atoms with E-state index in [1.165, 1.54) is 12.1 Å². The third-order valence-electron chi connectivity index (χ3n) is 7.82. The zero-order valence-electron chi connectivity index (χ0n) is 20.3. The maximum absolute atomic E-state index is 6.47. The number of hydrogen-bond acceptors (Lipinski definition) is 6. The fourth-order valence-electron chi connectivity index (χ4n) is 5.97. The van der Waals surface area contributed by atoms with Crippen LogP contribution in [0.3, 0.4) is 0 Å². The van der Waals surface area contributed by atoms with Crippen molar-refractivity contribution in [3.8, 4) is 33.6 Å². The summed E-state index contributed by atoms with van der Waals surface area (Å²) >= 11 is 6.47. The fourth-order valence-corrected chi connectivity index (χ4v) is 6.18. The van der Waals surface area contributed by atoms with Crippen molar-refractivity contribution in [2.45, 2.75) is 18.5 Å². The quantitative estimate of drug-likeness (QED) is 0.333. The molecule has 2 aliphatic heterocycles. The number of fused-ring (bicyclic) bond motifs is 4. The molecule has 0 amide bonds. The summed E-state index contributed by atoms with van der Waals surface area (Å²) in [5.41, 5.74) is 8.50. The second-order valence-corrected chi connectivity index (χ2v) is 10.4. The van der Waals surface area contributed by atoms with Crippen LogP contribution in [0, 0.1) is 0 Å². The highest BCUT2D eigenvalue weighted by Crippen LogP contribution is 2.40. The van der Waals surface area contributed by atoms with Crippen molar-refractivity contribution >= 4 is 33.8 Å². The Hall–Kier alpha value is -4.27. The highest BCUT2D eigenvalue weighted by atomic mass is 35.5. The smallest absolute Gasteiger partial charge is 0.164 e. The molecule has 9 heteroatoms. The topological polar surface area (TPSA) is 87.0 Å². The van der Waals surface area contributed by atoms with Gasteiger partial charge in [0.25, 0.3) is 0 Å². The number of rotatable bonds is 4. The maximum atomic E-state index is 6.47. The van der Waals surface area contributed by atoms with Crippen LogP contribution in [0.1, 0.15) is 6.42 Å². The van der Waals surface area contributed by atoms with Crippen LogP contribution in [0.2, 0.25) is 5.02 Å². The minimum Gasteiger partial charge on any atom is -0.366 e. The number of pyridine rings is 1. The van der Waals surface area contributed by atoms with Crippen molar-refractivity contribution in [2.24, 2.45) is 0 Å². The van der Waals surface area contributed by atoms with Crippen LogP contribution in [-0.4, -0.2) is 55.0 Å². The average molecular weight is 519 g/mol. The molecule has 2 atom stereocenters. The summed E-state index contributed by atoms with van der Waals surface area (Å²) in [5.74, 6) is 0. The number of benzene rings is 2. The van der Waals surface area contributed by atoms with Crippen LogP contribution in [0.4, 0.5) is 5.69 Å². The number of aromatic nitrogens is 6. The molecule has 2 aliphatic rings. The normalized spacial score (nSPS) is 18.7. The van der Waals surface area contributed by atoms with E-state index in [9.17, 15) is 0 Å². The minimum atomic E-state index is 0.598. The van der Waals surface area contributed by atoms with Gasteiger partial charge in [-0.25, -0.2) is 9.50 Å². The molecule has 8 nitrogen and oxygen atoms in total. The Morgan fingerprint density at radius 3 is 2.61 bits per heavy atom. The molecule has 6 heterocycles. The molecule has 0 radical (unpaired) electrons. The summed E-state index contributed by atoms with van der Waals surface area (Å²) < 4.78 is 1.84. The first-order valence-electron chi connectivity index (χ1n) is 12.7. The predicted octanol–water partition coefficient (Wildman–Crippen LogP) is 5.21. The zero-order valence-corrected chi connectivity index (χ0v) is 21.1. The van der Waals surface area contributed by atoms with Gasteiger partial charge in [-0.05, 0) is 48.4 Å². The Labute approximate surface area is 223 Å². The summed E-state index contributed by atoms with van der Waals surface area (Å²) in [6.45, 7) is 2.15. The van der Waals surface area contributed by atoms with Gasteiger partial charge in [-0.1, -0.05) is 29.8 Å². The van der Waals surface area contributed by atoms with E-state index < -0.39 is 0 Å². The van der Waals surface area contributed by atoms with E-state index in [4.69, 9.17) is 21.7 Å². The van der Waals surface area contributed by atoms with Crippen LogP contribution >= 0.6 is 11.6 Å². The molecule has 2 aromatic carbocycles. The molecule has 38 heavy (non-hydrogen) atoms. The van der Waals surface area contributed by atoms with E-state index in [1.54, 1.807) is 18.6 Å². The van der Waals surface area contributed by atoms with E-state index in [-0.39, 0.29) is 0 Å². The predicted molar refractivity (Wildman–Crippen MR) is 149 cm³/mol. The lowest BCUT2D eigenvalue weighted by Gasteiger charge is -2.29. The van der Waals surface area contributed by atoms with Gasteiger partial charge in [0, 0.05) is 66.0 Å². The van der Waals surface area contributed by atoms with Crippen LogP contribution in [0.15, 0.2) is 79.4 Å². The van der Waals surface area contributed by atoms with Crippen LogP contribution < -0.4 is 10.2 Å². The molecule has 2 fully saturated rings. The van der Waals surface area contributed by atoms with E-state index in [2.05, 4.69) is 49.7 Å². The van der Waals surface area contributed by atoms with Gasteiger partial charge in [0.05, 0.1) is 28.0 Å². The number of halogens is 1. The highest BCUT2D eigenvalue weighted by molar-refractivity contribution is 6.35. The first kappa shape index (κ1) is 21.8. The summed E-state index contributed by atoms with van der Waals surface area (Å²) in [4.78, 5) is 11.9. The molecular weight excluding hydrogens is 496 g/mol. The largest absolute Gasteiger partial charge is 0.366 e. The van der Waals surface area contributed by atoms with Crippen molar-refractivity contribution in [3.63, 3.8) is 0 Å². The summed E-state index contributed by atoms with van der Waals surface area (Å²) in [6, 6.07) is 19.9. The second-order valence-electron chi connectivity index (χ2n) is 9.99. The molecule has 0 saturated carbocycles. The summed E-state index contributed by atoms with van der Waals surface area (Å²) in [5, 5.41) is 17.4. The number of hydrogen-bond donors (Lipinski definition) is 2. The summed E-state index contributed by atoms with van der Waals surface area (Å²) in [7, 11) is 0.